The summed E-state index contributed by atoms with van der Waals surface area (Å²) in [5, 5.41) is 4.63. The zero-order chi connectivity index (χ0) is 23.9. The van der Waals surface area contributed by atoms with Crippen molar-refractivity contribution in [3.63, 3.8) is 0 Å². The Hall–Kier alpha value is -4.82. The van der Waals surface area contributed by atoms with Crippen LogP contribution >= 0.6 is 0 Å². The van der Waals surface area contributed by atoms with Crippen molar-refractivity contribution < 1.29 is 4.42 Å². The highest BCUT2D eigenvalue weighted by Crippen LogP contribution is 2.46. The van der Waals surface area contributed by atoms with Crippen LogP contribution in [0.3, 0.4) is 0 Å². The lowest BCUT2D eigenvalue weighted by atomic mass is 9.95. The molecule has 0 N–H and O–H groups in total. The quantitative estimate of drug-likeness (QED) is 0.259. The maximum absolute atomic E-state index is 6.68. The summed E-state index contributed by atoms with van der Waals surface area (Å²) in [6.07, 6.45) is 0. The van der Waals surface area contributed by atoms with Gasteiger partial charge in [-0.3, -0.25) is 0 Å². The number of hydrogen-bond donors (Lipinski definition) is 0. The largest absolute Gasteiger partial charge is 0.455 e. The van der Waals surface area contributed by atoms with Crippen LogP contribution < -0.4 is 4.90 Å². The number of benzene rings is 6. The van der Waals surface area contributed by atoms with Gasteiger partial charge in [-0.25, -0.2) is 0 Å². The average Bonchev–Trinajstić information content (AvgIpc) is 3.32. The molecule has 7 rings (SSSR count). The first-order valence-corrected chi connectivity index (χ1v) is 12.2. The molecule has 0 amide bonds. The number of anilines is 3. The van der Waals surface area contributed by atoms with Crippen molar-refractivity contribution in [3.05, 3.63) is 140 Å². The van der Waals surface area contributed by atoms with Crippen LogP contribution in [0.15, 0.2) is 144 Å². The van der Waals surface area contributed by atoms with Crippen LogP contribution in [0.5, 0.6) is 0 Å². The van der Waals surface area contributed by atoms with Crippen LogP contribution in [0.4, 0.5) is 17.1 Å². The summed E-state index contributed by atoms with van der Waals surface area (Å²) in [5.74, 6) is 0. The molecule has 0 atom stereocenters. The fourth-order valence-corrected chi connectivity index (χ4v) is 5.26. The molecule has 0 unspecified atom stereocenters. The summed E-state index contributed by atoms with van der Waals surface area (Å²) < 4.78 is 6.68. The molecule has 0 fully saturated rings. The molecule has 6 aromatic carbocycles. The molecule has 2 heteroatoms. The van der Waals surface area contributed by atoms with Crippen LogP contribution in [0, 0.1) is 0 Å². The Balaban J connectivity index is 1.61. The second-order valence-corrected chi connectivity index (χ2v) is 8.97. The third kappa shape index (κ3) is 3.27. The maximum Gasteiger partial charge on any atom is 0.143 e. The fourth-order valence-electron chi connectivity index (χ4n) is 5.26. The van der Waals surface area contributed by atoms with E-state index in [0.717, 1.165) is 50.1 Å². The highest BCUT2D eigenvalue weighted by Gasteiger charge is 2.22. The average molecular weight is 462 g/mol. The molecule has 0 bridgehead atoms. The van der Waals surface area contributed by atoms with Gasteiger partial charge in [-0.05, 0) is 58.8 Å². The first kappa shape index (κ1) is 20.5. The Morgan fingerprint density at radius 2 is 1.11 bits per heavy atom. The van der Waals surface area contributed by atoms with Crippen molar-refractivity contribution in [3.8, 4) is 11.1 Å². The molecule has 1 aromatic heterocycles. The van der Waals surface area contributed by atoms with E-state index in [1.807, 2.05) is 0 Å². The maximum atomic E-state index is 6.68. The fraction of sp³-hybridized carbons (Fsp3) is 0. The SMILES string of the molecule is c1ccc(-c2c3ccccc3cc3c2oc2cccc(N(c4ccccc4)c4ccccc4)c23)cc1. The van der Waals surface area contributed by atoms with E-state index >= 15 is 0 Å². The minimum absolute atomic E-state index is 0.881. The van der Waals surface area contributed by atoms with Crippen LogP contribution in [0.25, 0.3) is 43.8 Å². The lowest BCUT2D eigenvalue weighted by Crippen LogP contribution is -2.09. The van der Waals surface area contributed by atoms with E-state index in [9.17, 15) is 0 Å². The normalized spacial score (nSPS) is 11.3. The van der Waals surface area contributed by atoms with Crippen molar-refractivity contribution in [1.29, 1.82) is 0 Å². The zero-order valence-electron chi connectivity index (χ0n) is 19.6. The van der Waals surface area contributed by atoms with E-state index in [4.69, 9.17) is 4.42 Å². The number of furan rings is 1. The number of hydrogen-bond acceptors (Lipinski definition) is 2. The molecule has 0 aliphatic rings. The smallest absolute Gasteiger partial charge is 0.143 e. The summed E-state index contributed by atoms with van der Waals surface area (Å²) >= 11 is 0. The second kappa shape index (κ2) is 8.44. The van der Waals surface area contributed by atoms with E-state index in [1.54, 1.807) is 0 Å². The van der Waals surface area contributed by atoms with E-state index in [2.05, 4.69) is 144 Å². The molecule has 36 heavy (non-hydrogen) atoms. The van der Waals surface area contributed by atoms with Gasteiger partial charge in [0.05, 0.1) is 11.1 Å². The molecule has 0 aliphatic heterocycles. The van der Waals surface area contributed by atoms with Gasteiger partial charge in [0.15, 0.2) is 0 Å². The Kier molecular flexibility index (Phi) is 4.82. The highest BCUT2D eigenvalue weighted by molar-refractivity contribution is 6.21. The van der Waals surface area contributed by atoms with Gasteiger partial charge in [0.25, 0.3) is 0 Å². The van der Waals surface area contributed by atoms with Gasteiger partial charge < -0.3 is 9.32 Å². The topological polar surface area (TPSA) is 16.4 Å². The Bertz CT molecular complexity index is 1780. The van der Waals surface area contributed by atoms with Crippen molar-refractivity contribution in [2.75, 3.05) is 4.90 Å². The first-order chi connectivity index (χ1) is 17.9. The van der Waals surface area contributed by atoms with Crippen molar-refractivity contribution >= 4 is 49.8 Å². The van der Waals surface area contributed by atoms with Crippen LogP contribution in [0.1, 0.15) is 0 Å². The second-order valence-electron chi connectivity index (χ2n) is 8.97. The molecule has 0 saturated heterocycles. The van der Waals surface area contributed by atoms with Gasteiger partial charge in [0.2, 0.25) is 0 Å². The molecule has 1 heterocycles. The summed E-state index contributed by atoms with van der Waals surface area (Å²) in [7, 11) is 0. The van der Waals surface area contributed by atoms with Crippen molar-refractivity contribution in [2.24, 2.45) is 0 Å². The molecule has 2 nitrogen and oxygen atoms in total. The Labute approximate surface area is 209 Å². The molecule has 0 spiro atoms. The molecular formula is C34H23NO. The molecule has 0 aliphatic carbocycles. The molecule has 7 aromatic rings. The first-order valence-electron chi connectivity index (χ1n) is 12.2. The van der Waals surface area contributed by atoms with Crippen molar-refractivity contribution in [2.45, 2.75) is 0 Å². The lowest BCUT2D eigenvalue weighted by molar-refractivity contribution is 0.670. The summed E-state index contributed by atoms with van der Waals surface area (Å²) in [6, 6.07) is 48.8. The van der Waals surface area contributed by atoms with Crippen molar-refractivity contribution in [1.82, 2.24) is 0 Å². The van der Waals surface area contributed by atoms with Crippen LogP contribution in [0.2, 0.25) is 0 Å². The van der Waals surface area contributed by atoms with Crippen LogP contribution in [-0.2, 0) is 0 Å². The zero-order valence-corrected chi connectivity index (χ0v) is 19.6. The van der Waals surface area contributed by atoms with Gasteiger partial charge >= 0.3 is 0 Å². The minimum Gasteiger partial charge on any atom is -0.455 e. The predicted molar refractivity (Wildman–Crippen MR) is 151 cm³/mol. The molecule has 170 valence electrons. The summed E-state index contributed by atoms with van der Waals surface area (Å²) in [4.78, 5) is 2.31. The third-order valence-corrected chi connectivity index (χ3v) is 6.82. The molecular weight excluding hydrogens is 438 g/mol. The lowest BCUT2D eigenvalue weighted by Gasteiger charge is -2.26. The van der Waals surface area contributed by atoms with E-state index < -0.39 is 0 Å². The van der Waals surface area contributed by atoms with Gasteiger partial charge in [-0.15, -0.1) is 0 Å². The van der Waals surface area contributed by atoms with E-state index in [1.165, 1.54) is 10.8 Å². The molecule has 0 radical (unpaired) electrons. The monoisotopic (exact) mass is 461 g/mol. The minimum atomic E-state index is 0.881. The van der Waals surface area contributed by atoms with Gasteiger partial charge in [0, 0.05) is 22.3 Å². The third-order valence-electron chi connectivity index (χ3n) is 6.82. The number of rotatable bonds is 4. The summed E-state index contributed by atoms with van der Waals surface area (Å²) in [6.45, 7) is 0. The molecule has 0 saturated carbocycles. The summed E-state index contributed by atoms with van der Waals surface area (Å²) in [5.41, 5.74) is 7.40. The van der Waals surface area contributed by atoms with Crippen LogP contribution in [-0.4, -0.2) is 0 Å². The van der Waals surface area contributed by atoms with E-state index in [-0.39, 0.29) is 0 Å². The predicted octanol–water partition coefficient (Wildman–Crippen LogP) is 9.88. The highest BCUT2D eigenvalue weighted by atomic mass is 16.3. The van der Waals surface area contributed by atoms with Gasteiger partial charge in [-0.2, -0.15) is 0 Å². The van der Waals surface area contributed by atoms with Gasteiger partial charge in [-0.1, -0.05) is 97.1 Å². The number of para-hydroxylation sites is 2. The van der Waals surface area contributed by atoms with E-state index in [0.29, 0.717) is 0 Å². The van der Waals surface area contributed by atoms with Gasteiger partial charge in [0.1, 0.15) is 11.2 Å². The number of nitrogens with zero attached hydrogens (tertiary/aromatic N) is 1. The Morgan fingerprint density at radius 1 is 0.500 bits per heavy atom. The standard InChI is InChI=1S/C34H23NO/c1-4-13-24(14-5-1)32-28-20-11-10-15-25(28)23-29-33-30(21-12-22-31(33)36-34(29)32)35(26-16-6-2-7-17-26)27-18-8-3-9-19-27/h1-23H. The number of fused-ring (bicyclic) bond motifs is 4. The Morgan fingerprint density at radius 3 is 1.81 bits per heavy atom.